The number of nitrogens with one attached hydrogen (secondary N) is 1. The Morgan fingerprint density at radius 1 is 1.03 bits per heavy atom. The molecule has 1 aliphatic rings. The first kappa shape index (κ1) is 22.0. The number of benzene rings is 2. The van der Waals surface area contributed by atoms with Gasteiger partial charge in [0.15, 0.2) is 0 Å². The van der Waals surface area contributed by atoms with Crippen molar-refractivity contribution in [3.8, 4) is 16.9 Å². The van der Waals surface area contributed by atoms with Crippen LogP contribution >= 0.6 is 0 Å². The molecule has 1 fully saturated rings. The molecule has 4 rings (SSSR count). The molecule has 1 aromatic heterocycles. The van der Waals surface area contributed by atoms with E-state index in [0.29, 0.717) is 16.9 Å². The van der Waals surface area contributed by atoms with Gasteiger partial charge >= 0.3 is 0 Å². The topological polar surface area (TPSA) is 74.8 Å². The number of pyridine rings is 1. The molecule has 168 valence electrons. The Kier molecular flexibility index (Phi) is 6.29. The first-order chi connectivity index (χ1) is 15.4. The zero-order chi connectivity index (χ0) is 22.7. The molecule has 0 saturated carbocycles. The third-order valence-corrected chi connectivity index (χ3v) is 6.83. The molecule has 1 aliphatic heterocycles. The van der Waals surface area contributed by atoms with Gasteiger partial charge in [-0.05, 0) is 55.1 Å². The Balaban J connectivity index is 1.64. The minimum absolute atomic E-state index is 0.0828. The van der Waals surface area contributed by atoms with Crippen LogP contribution in [-0.4, -0.2) is 58.6 Å². The third kappa shape index (κ3) is 4.84. The third-order valence-electron chi connectivity index (χ3n) is 5.45. The van der Waals surface area contributed by atoms with Crippen molar-refractivity contribution in [1.82, 2.24) is 9.88 Å². The highest BCUT2D eigenvalue weighted by molar-refractivity contribution is 7.92. The predicted octanol–water partition coefficient (Wildman–Crippen LogP) is 3.45. The van der Waals surface area contributed by atoms with Gasteiger partial charge in [0.25, 0.3) is 10.0 Å². The average Bonchev–Trinajstić information content (AvgIpc) is 2.79. The van der Waals surface area contributed by atoms with Crippen molar-refractivity contribution in [3.63, 3.8) is 0 Å². The minimum Gasteiger partial charge on any atom is -0.495 e. The van der Waals surface area contributed by atoms with Crippen LogP contribution in [0.2, 0.25) is 0 Å². The lowest BCUT2D eigenvalue weighted by Crippen LogP contribution is -2.44. The highest BCUT2D eigenvalue weighted by Gasteiger charge is 2.22. The molecule has 0 unspecified atom stereocenters. The van der Waals surface area contributed by atoms with Crippen LogP contribution in [-0.2, 0) is 10.0 Å². The lowest BCUT2D eigenvalue weighted by atomic mass is 10.1. The first-order valence-corrected chi connectivity index (χ1v) is 11.7. The number of sulfonamides is 1. The van der Waals surface area contributed by atoms with Gasteiger partial charge in [-0.25, -0.2) is 12.8 Å². The fourth-order valence-electron chi connectivity index (χ4n) is 3.69. The number of aromatic nitrogens is 1. The molecule has 0 amide bonds. The number of hydrogen-bond donors (Lipinski definition) is 1. The predicted molar refractivity (Wildman–Crippen MR) is 123 cm³/mol. The maximum Gasteiger partial charge on any atom is 0.261 e. The van der Waals surface area contributed by atoms with E-state index in [-0.39, 0.29) is 10.6 Å². The largest absolute Gasteiger partial charge is 0.495 e. The summed E-state index contributed by atoms with van der Waals surface area (Å²) >= 11 is 0. The number of methoxy groups -OCH3 is 1. The SMILES string of the molecule is COc1ccc(S(=O)(=O)Nc2cc(F)cc(-c3cccnc3)c2)cc1N1CCN(C)CC1. The van der Waals surface area contributed by atoms with E-state index in [2.05, 4.69) is 26.6 Å². The van der Waals surface area contributed by atoms with Gasteiger partial charge in [0.05, 0.1) is 23.4 Å². The summed E-state index contributed by atoms with van der Waals surface area (Å²) in [6, 6.07) is 12.3. The molecule has 0 spiro atoms. The summed E-state index contributed by atoms with van der Waals surface area (Å²) in [6.45, 7) is 3.28. The van der Waals surface area contributed by atoms with E-state index >= 15 is 0 Å². The van der Waals surface area contributed by atoms with Crippen LogP contribution in [0.15, 0.2) is 65.8 Å². The van der Waals surface area contributed by atoms with Gasteiger partial charge in [-0.1, -0.05) is 6.07 Å². The summed E-state index contributed by atoms with van der Waals surface area (Å²) in [7, 11) is -0.334. The van der Waals surface area contributed by atoms with E-state index in [1.165, 1.54) is 12.1 Å². The average molecular weight is 457 g/mol. The molecule has 2 aromatic carbocycles. The number of piperazine rings is 1. The number of ether oxygens (including phenoxy) is 1. The Hall–Kier alpha value is -3.17. The number of hydrogen-bond acceptors (Lipinski definition) is 6. The molecule has 32 heavy (non-hydrogen) atoms. The van der Waals surface area contributed by atoms with Gasteiger partial charge in [0.1, 0.15) is 11.6 Å². The molecule has 0 atom stereocenters. The van der Waals surface area contributed by atoms with E-state index in [1.807, 2.05) is 0 Å². The first-order valence-electron chi connectivity index (χ1n) is 10.2. The molecular formula is C23H25FN4O3S. The highest BCUT2D eigenvalue weighted by Crippen LogP contribution is 2.33. The maximum absolute atomic E-state index is 14.2. The Labute approximate surface area is 187 Å². The van der Waals surface area contributed by atoms with E-state index in [4.69, 9.17) is 4.74 Å². The summed E-state index contributed by atoms with van der Waals surface area (Å²) in [6.07, 6.45) is 3.22. The summed E-state index contributed by atoms with van der Waals surface area (Å²) in [4.78, 5) is 8.45. The lowest BCUT2D eigenvalue weighted by molar-refractivity contribution is 0.311. The molecule has 2 heterocycles. The Morgan fingerprint density at radius 2 is 1.81 bits per heavy atom. The number of rotatable bonds is 6. The normalized spacial score (nSPS) is 14.9. The Bertz CT molecular complexity index is 1200. The minimum atomic E-state index is -3.95. The lowest BCUT2D eigenvalue weighted by Gasteiger charge is -2.34. The molecule has 7 nitrogen and oxygen atoms in total. The van der Waals surface area contributed by atoms with E-state index in [9.17, 15) is 12.8 Å². The van der Waals surface area contributed by atoms with Crippen molar-refractivity contribution in [2.24, 2.45) is 0 Å². The molecule has 1 N–H and O–H groups in total. The van der Waals surface area contributed by atoms with Crippen molar-refractivity contribution in [2.75, 3.05) is 50.0 Å². The van der Waals surface area contributed by atoms with Crippen LogP contribution in [0, 0.1) is 5.82 Å². The van der Waals surface area contributed by atoms with Crippen molar-refractivity contribution in [3.05, 3.63) is 66.7 Å². The quantitative estimate of drug-likeness (QED) is 0.613. The molecule has 0 radical (unpaired) electrons. The summed E-state index contributed by atoms with van der Waals surface area (Å²) in [5.41, 5.74) is 2.08. The second-order valence-corrected chi connectivity index (χ2v) is 9.38. The van der Waals surface area contributed by atoms with Gasteiger partial charge in [-0.15, -0.1) is 0 Å². The molecule has 9 heteroatoms. The standard InChI is InChI=1S/C23H25FN4O3S/c1-27-8-10-28(11-9-27)22-15-21(5-6-23(22)31-2)32(29,30)26-20-13-18(12-19(24)14-20)17-4-3-7-25-16-17/h3-7,12-16,26H,8-11H2,1-2H3. The fourth-order valence-corrected chi connectivity index (χ4v) is 4.75. The number of halogens is 1. The smallest absolute Gasteiger partial charge is 0.261 e. The van der Waals surface area contributed by atoms with E-state index in [1.54, 1.807) is 49.8 Å². The van der Waals surface area contributed by atoms with Crippen molar-refractivity contribution < 1.29 is 17.5 Å². The van der Waals surface area contributed by atoms with E-state index in [0.717, 1.165) is 37.9 Å². The van der Waals surface area contributed by atoms with Gasteiger partial charge in [0, 0.05) is 44.1 Å². The van der Waals surface area contributed by atoms with Crippen molar-refractivity contribution in [1.29, 1.82) is 0 Å². The fraction of sp³-hybridized carbons (Fsp3) is 0.261. The molecule has 1 saturated heterocycles. The Morgan fingerprint density at radius 3 is 2.50 bits per heavy atom. The number of nitrogens with zero attached hydrogens (tertiary/aromatic N) is 3. The summed E-state index contributed by atoms with van der Waals surface area (Å²) in [5.74, 6) is 0.0648. The van der Waals surface area contributed by atoms with Crippen LogP contribution in [0.3, 0.4) is 0 Å². The van der Waals surface area contributed by atoms with Gasteiger partial charge < -0.3 is 14.5 Å². The molecular weight excluding hydrogens is 431 g/mol. The van der Waals surface area contributed by atoms with Crippen molar-refractivity contribution >= 4 is 21.4 Å². The monoisotopic (exact) mass is 456 g/mol. The van der Waals surface area contributed by atoms with Crippen LogP contribution in [0.1, 0.15) is 0 Å². The van der Waals surface area contributed by atoms with Crippen LogP contribution < -0.4 is 14.4 Å². The van der Waals surface area contributed by atoms with Gasteiger partial charge in [0.2, 0.25) is 0 Å². The molecule has 3 aromatic rings. The van der Waals surface area contributed by atoms with E-state index < -0.39 is 15.8 Å². The molecule has 0 aliphatic carbocycles. The van der Waals surface area contributed by atoms with Crippen LogP contribution in [0.25, 0.3) is 11.1 Å². The maximum atomic E-state index is 14.2. The zero-order valence-electron chi connectivity index (χ0n) is 18.0. The van der Waals surface area contributed by atoms with Gasteiger partial charge in [-0.2, -0.15) is 0 Å². The van der Waals surface area contributed by atoms with Crippen LogP contribution in [0.4, 0.5) is 15.8 Å². The van der Waals surface area contributed by atoms with Crippen LogP contribution in [0.5, 0.6) is 5.75 Å². The zero-order valence-corrected chi connectivity index (χ0v) is 18.8. The number of anilines is 2. The number of likely N-dealkylation sites (N-methyl/N-ethyl adjacent to an activating group) is 1. The van der Waals surface area contributed by atoms with Gasteiger partial charge in [-0.3, -0.25) is 9.71 Å². The molecule has 0 bridgehead atoms. The second kappa shape index (κ2) is 9.13. The second-order valence-electron chi connectivity index (χ2n) is 7.70. The summed E-state index contributed by atoms with van der Waals surface area (Å²) in [5, 5.41) is 0. The summed E-state index contributed by atoms with van der Waals surface area (Å²) < 4.78 is 48.5. The highest BCUT2D eigenvalue weighted by atomic mass is 32.2. The van der Waals surface area contributed by atoms with Crippen molar-refractivity contribution in [2.45, 2.75) is 4.90 Å².